The van der Waals surface area contributed by atoms with Crippen LogP contribution in [0.4, 0.5) is 5.69 Å². The van der Waals surface area contributed by atoms with Gasteiger partial charge in [0, 0.05) is 12.6 Å². The summed E-state index contributed by atoms with van der Waals surface area (Å²) in [6.07, 6.45) is 3.14. The number of likely N-dealkylation sites (tertiary alicyclic amines) is 1. The lowest BCUT2D eigenvalue weighted by Gasteiger charge is -2.39. The fourth-order valence-electron chi connectivity index (χ4n) is 4.72. The zero-order chi connectivity index (χ0) is 18.4. The standard InChI is InChI=1S/C19H25ClN2O3/c1-18(2)7-13-8-19(3,10-18)11-22(13)16(23)9-25-17(24)12-4-5-14(20)15(21)6-12/h4-6,13H,7-11,21H2,1-3H3/t13-,19+/m1/s1. The second kappa shape index (κ2) is 6.20. The summed E-state index contributed by atoms with van der Waals surface area (Å²) in [5.41, 5.74) is 6.71. The van der Waals surface area contributed by atoms with Crippen molar-refractivity contribution in [2.24, 2.45) is 10.8 Å². The highest BCUT2D eigenvalue weighted by Crippen LogP contribution is 2.52. The van der Waals surface area contributed by atoms with Crippen LogP contribution in [0.1, 0.15) is 50.4 Å². The van der Waals surface area contributed by atoms with Crippen molar-refractivity contribution in [1.82, 2.24) is 4.90 Å². The lowest BCUT2D eigenvalue weighted by Crippen LogP contribution is -2.39. The number of benzene rings is 1. The van der Waals surface area contributed by atoms with Gasteiger partial charge in [0.25, 0.3) is 5.91 Å². The monoisotopic (exact) mass is 364 g/mol. The molecule has 1 amide bonds. The molecule has 1 aromatic carbocycles. The molecule has 2 aliphatic rings. The van der Waals surface area contributed by atoms with Gasteiger partial charge in [-0.1, -0.05) is 32.4 Å². The first-order valence-corrected chi connectivity index (χ1v) is 8.98. The van der Waals surface area contributed by atoms with Gasteiger partial charge in [0.05, 0.1) is 16.3 Å². The molecule has 3 rings (SSSR count). The van der Waals surface area contributed by atoms with Crippen molar-refractivity contribution in [1.29, 1.82) is 0 Å². The summed E-state index contributed by atoms with van der Waals surface area (Å²) < 4.78 is 5.20. The topological polar surface area (TPSA) is 72.6 Å². The van der Waals surface area contributed by atoms with Crippen LogP contribution in [0.3, 0.4) is 0 Å². The van der Waals surface area contributed by atoms with Gasteiger partial charge < -0.3 is 15.4 Å². The Morgan fingerprint density at radius 2 is 2.04 bits per heavy atom. The van der Waals surface area contributed by atoms with E-state index in [0.717, 1.165) is 25.8 Å². The van der Waals surface area contributed by atoms with Crippen molar-refractivity contribution < 1.29 is 14.3 Å². The van der Waals surface area contributed by atoms with Gasteiger partial charge in [-0.15, -0.1) is 0 Å². The highest BCUT2D eigenvalue weighted by Gasteiger charge is 2.50. The Bertz CT molecular complexity index is 719. The molecule has 2 fully saturated rings. The minimum absolute atomic E-state index is 0.123. The largest absolute Gasteiger partial charge is 0.452 e. The summed E-state index contributed by atoms with van der Waals surface area (Å²) in [6.45, 7) is 7.27. The van der Waals surface area contributed by atoms with Crippen molar-refractivity contribution in [3.63, 3.8) is 0 Å². The molecule has 1 heterocycles. The van der Waals surface area contributed by atoms with Gasteiger partial charge in [-0.05, 0) is 48.3 Å². The van der Waals surface area contributed by atoms with E-state index in [1.165, 1.54) is 12.1 Å². The first-order valence-electron chi connectivity index (χ1n) is 8.60. The number of anilines is 1. The Labute approximate surface area is 153 Å². The number of amides is 1. The third-order valence-electron chi connectivity index (χ3n) is 5.29. The van der Waals surface area contributed by atoms with Gasteiger partial charge in [-0.2, -0.15) is 0 Å². The number of hydrogen-bond acceptors (Lipinski definition) is 4. The molecule has 1 saturated heterocycles. The number of hydrogen-bond donors (Lipinski definition) is 1. The van der Waals surface area contributed by atoms with Crippen molar-refractivity contribution in [3.8, 4) is 0 Å². The van der Waals surface area contributed by atoms with Gasteiger partial charge in [0.15, 0.2) is 6.61 Å². The van der Waals surface area contributed by atoms with E-state index in [0.29, 0.717) is 16.3 Å². The fourth-order valence-corrected chi connectivity index (χ4v) is 4.83. The average molecular weight is 365 g/mol. The van der Waals surface area contributed by atoms with Crippen LogP contribution in [0, 0.1) is 10.8 Å². The summed E-state index contributed by atoms with van der Waals surface area (Å²) in [4.78, 5) is 26.6. The molecular formula is C19H25ClN2O3. The van der Waals surface area contributed by atoms with E-state index in [4.69, 9.17) is 22.1 Å². The highest BCUT2D eigenvalue weighted by atomic mass is 35.5. The first kappa shape index (κ1) is 18.1. The van der Waals surface area contributed by atoms with E-state index in [1.807, 2.05) is 4.90 Å². The maximum Gasteiger partial charge on any atom is 0.338 e. The van der Waals surface area contributed by atoms with Crippen LogP contribution < -0.4 is 5.73 Å². The van der Waals surface area contributed by atoms with Crippen LogP contribution in [-0.2, 0) is 9.53 Å². The zero-order valence-corrected chi connectivity index (χ0v) is 15.7. The molecular weight excluding hydrogens is 340 g/mol. The minimum Gasteiger partial charge on any atom is -0.452 e. The van der Waals surface area contributed by atoms with Crippen molar-refractivity contribution in [2.45, 2.75) is 46.1 Å². The molecule has 2 atom stereocenters. The number of nitrogens with two attached hydrogens (primary N) is 1. The van der Waals surface area contributed by atoms with Crippen LogP contribution in [0.5, 0.6) is 0 Å². The Balaban J connectivity index is 1.61. The summed E-state index contributed by atoms with van der Waals surface area (Å²) in [6, 6.07) is 4.78. The van der Waals surface area contributed by atoms with E-state index in [1.54, 1.807) is 6.07 Å². The van der Waals surface area contributed by atoms with Gasteiger partial charge in [-0.25, -0.2) is 4.79 Å². The van der Waals surface area contributed by atoms with E-state index >= 15 is 0 Å². The maximum atomic E-state index is 12.6. The maximum absolute atomic E-state index is 12.6. The lowest BCUT2D eigenvalue weighted by molar-refractivity contribution is -0.135. The highest BCUT2D eigenvalue weighted by molar-refractivity contribution is 6.33. The molecule has 1 aromatic rings. The first-order chi connectivity index (χ1) is 11.6. The van der Waals surface area contributed by atoms with Gasteiger partial charge >= 0.3 is 5.97 Å². The van der Waals surface area contributed by atoms with Crippen molar-refractivity contribution in [3.05, 3.63) is 28.8 Å². The summed E-state index contributed by atoms with van der Waals surface area (Å²) in [5, 5.41) is 0.382. The number of rotatable bonds is 3. The van der Waals surface area contributed by atoms with Crippen LogP contribution in [-0.4, -0.2) is 36.0 Å². The summed E-state index contributed by atoms with van der Waals surface area (Å²) in [7, 11) is 0. The normalized spacial score (nSPS) is 27.2. The third kappa shape index (κ3) is 3.76. The number of halogens is 1. The van der Waals surface area contributed by atoms with Crippen LogP contribution in [0.15, 0.2) is 18.2 Å². The fraction of sp³-hybridized carbons (Fsp3) is 0.579. The van der Waals surface area contributed by atoms with Crippen molar-refractivity contribution in [2.75, 3.05) is 18.9 Å². The molecule has 25 heavy (non-hydrogen) atoms. The molecule has 1 saturated carbocycles. The predicted molar refractivity (Wildman–Crippen MR) is 97.4 cm³/mol. The Kier molecular flexibility index (Phi) is 4.48. The number of carbonyl (C=O) groups is 2. The zero-order valence-electron chi connectivity index (χ0n) is 15.0. The van der Waals surface area contributed by atoms with Crippen LogP contribution >= 0.6 is 11.6 Å². The van der Waals surface area contributed by atoms with Gasteiger partial charge in [-0.3, -0.25) is 4.79 Å². The lowest BCUT2D eigenvalue weighted by atomic mass is 9.65. The Morgan fingerprint density at radius 1 is 1.32 bits per heavy atom. The average Bonchev–Trinajstić information content (AvgIpc) is 2.76. The smallest absolute Gasteiger partial charge is 0.338 e. The number of nitrogens with zero attached hydrogens (tertiary/aromatic N) is 1. The molecule has 136 valence electrons. The summed E-state index contributed by atoms with van der Waals surface area (Å²) in [5.74, 6) is -0.688. The van der Waals surface area contributed by atoms with E-state index < -0.39 is 5.97 Å². The van der Waals surface area contributed by atoms with E-state index in [-0.39, 0.29) is 29.4 Å². The quantitative estimate of drug-likeness (QED) is 0.658. The van der Waals surface area contributed by atoms with Crippen LogP contribution in [0.2, 0.25) is 5.02 Å². The van der Waals surface area contributed by atoms with Crippen molar-refractivity contribution >= 4 is 29.2 Å². The second-order valence-electron chi connectivity index (χ2n) is 8.55. The molecule has 0 unspecified atom stereocenters. The number of esters is 1. The number of fused-ring (bicyclic) bond motifs is 2. The molecule has 6 heteroatoms. The molecule has 0 radical (unpaired) electrons. The predicted octanol–water partition coefficient (Wildman–Crippen LogP) is 3.51. The molecule has 1 aliphatic carbocycles. The number of carbonyl (C=O) groups excluding carboxylic acids is 2. The SMILES string of the molecule is CC1(C)C[C@@H]2C[C@](C)(CN2C(=O)COC(=O)c2ccc(Cl)c(N)c2)C1. The van der Waals surface area contributed by atoms with Crippen LogP contribution in [0.25, 0.3) is 0 Å². The Morgan fingerprint density at radius 3 is 2.72 bits per heavy atom. The molecule has 0 aromatic heterocycles. The third-order valence-corrected chi connectivity index (χ3v) is 5.64. The van der Waals surface area contributed by atoms with E-state index in [2.05, 4.69) is 20.8 Å². The minimum atomic E-state index is -0.564. The molecule has 1 aliphatic heterocycles. The number of ether oxygens (including phenoxy) is 1. The molecule has 2 N–H and O–H groups in total. The Hall–Kier alpha value is -1.75. The number of nitrogen functional groups attached to an aromatic ring is 1. The van der Waals surface area contributed by atoms with Gasteiger partial charge in [0.1, 0.15) is 0 Å². The summed E-state index contributed by atoms with van der Waals surface area (Å²) >= 11 is 5.85. The molecule has 5 nitrogen and oxygen atoms in total. The molecule has 0 spiro atoms. The second-order valence-corrected chi connectivity index (χ2v) is 8.95. The van der Waals surface area contributed by atoms with E-state index in [9.17, 15) is 9.59 Å². The van der Waals surface area contributed by atoms with Gasteiger partial charge in [0.2, 0.25) is 0 Å². The molecule has 2 bridgehead atoms.